The number of benzene rings is 1. The van der Waals surface area contributed by atoms with E-state index in [0.29, 0.717) is 18.4 Å². The summed E-state index contributed by atoms with van der Waals surface area (Å²) < 4.78 is 16.5. The summed E-state index contributed by atoms with van der Waals surface area (Å²) in [6.07, 6.45) is 6.10. The zero-order valence-electron chi connectivity index (χ0n) is 22.7. The molecule has 0 saturated carbocycles. The normalized spacial score (nSPS) is 15.5. The zero-order valence-corrected chi connectivity index (χ0v) is 22.7. The van der Waals surface area contributed by atoms with Crippen molar-refractivity contribution in [3.63, 3.8) is 0 Å². The van der Waals surface area contributed by atoms with Gasteiger partial charge in [-0.25, -0.2) is 4.68 Å². The van der Waals surface area contributed by atoms with Crippen molar-refractivity contribution < 1.29 is 9.47 Å². The van der Waals surface area contributed by atoms with Crippen molar-refractivity contribution in [2.75, 3.05) is 19.7 Å². The van der Waals surface area contributed by atoms with Gasteiger partial charge in [0.1, 0.15) is 6.61 Å². The molecule has 9 nitrogen and oxygen atoms in total. The van der Waals surface area contributed by atoms with Crippen molar-refractivity contribution in [3.05, 3.63) is 41.3 Å². The number of H-pyrrole nitrogens is 1. The van der Waals surface area contributed by atoms with Crippen LogP contribution in [0.25, 0.3) is 34.2 Å². The second-order valence-electron chi connectivity index (χ2n) is 10.3. The van der Waals surface area contributed by atoms with E-state index in [4.69, 9.17) is 14.6 Å². The van der Waals surface area contributed by atoms with Crippen molar-refractivity contribution in [1.82, 2.24) is 34.7 Å². The molecule has 1 aliphatic rings. The molecular weight excluding hydrogens is 466 g/mol. The topological polar surface area (TPSA) is 86.0 Å². The van der Waals surface area contributed by atoms with Gasteiger partial charge in [-0.3, -0.25) is 14.7 Å². The van der Waals surface area contributed by atoms with Crippen LogP contribution < -0.4 is 9.47 Å². The molecular formula is C28H37N7O2. The molecule has 4 heterocycles. The van der Waals surface area contributed by atoms with E-state index in [2.05, 4.69) is 69.9 Å². The van der Waals surface area contributed by atoms with Crippen LogP contribution in [-0.2, 0) is 20.1 Å². The molecule has 0 saturated heterocycles. The lowest BCUT2D eigenvalue weighted by atomic mass is 10.1. The summed E-state index contributed by atoms with van der Waals surface area (Å²) in [7, 11) is 1.92. The molecule has 37 heavy (non-hydrogen) atoms. The maximum Gasteiger partial charge on any atom is 0.240 e. The van der Waals surface area contributed by atoms with E-state index in [9.17, 15) is 0 Å². The Morgan fingerprint density at radius 1 is 1.16 bits per heavy atom. The lowest BCUT2D eigenvalue weighted by Crippen LogP contribution is -2.30. The van der Waals surface area contributed by atoms with Crippen LogP contribution in [0.15, 0.2) is 24.4 Å². The fraction of sp³-hybridized carbons (Fsp3) is 0.464. The van der Waals surface area contributed by atoms with Crippen LogP contribution in [0.4, 0.5) is 0 Å². The molecule has 4 aromatic rings. The molecule has 9 heteroatoms. The number of aromatic amines is 1. The van der Waals surface area contributed by atoms with Crippen LogP contribution in [0, 0.1) is 5.92 Å². The van der Waals surface area contributed by atoms with Gasteiger partial charge in [0.05, 0.1) is 40.3 Å². The van der Waals surface area contributed by atoms with Crippen LogP contribution in [-0.4, -0.2) is 60.5 Å². The van der Waals surface area contributed by atoms with E-state index in [1.165, 1.54) is 0 Å². The minimum absolute atomic E-state index is 0.0230. The first-order valence-corrected chi connectivity index (χ1v) is 13.1. The van der Waals surface area contributed by atoms with Crippen molar-refractivity contribution in [3.8, 4) is 22.9 Å². The number of nitrogens with one attached hydrogen (secondary N) is 1. The van der Waals surface area contributed by atoms with E-state index >= 15 is 0 Å². The minimum Gasteiger partial charge on any atom is -0.476 e. The van der Waals surface area contributed by atoms with Gasteiger partial charge < -0.3 is 9.47 Å². The monoisotopic (exact) mass is 503 g/mol. The molecule has 0 fully saturated rings. The van der Waals surface area contributed by atoms with E-state index in [1.807, 2.05) is 33.2 Å². The first kappa shape index (κ1) is 25.1. The van der Waals surface area contributed by atoms with E-state index < -0.39 is 0 Å². The predicted molar refractivity (Wildman–Crippen MR) is 146 cm³/mol. The maximum atomic E-state index is 6.33. The first-order chi connectivity index (χ1) is 17.8. The molecule has 3 aromatic heterocycles. The molecule has 196 valence electrons. The summed E-state index contributed by atoms with van der Waals surface area (Å²) in [5.74, 6) is 1.89. The van der Waals surface area contributed by atoms with Gasteiger partial charge in [-0.1, -0.05) is 26.8 Å². The third-order valence-electron chi connectivity index (χ3n) is 6.61. The second-order valence-corrected chi connectivity index (χ2v) is 10.3. The molecule has 2 bridgehead atoms. The fourth-order valence-electron chi connectivity index (χ4n) is 4.75. The maximum absolute atomic E-state index is 6.33. The molecule has 0 unspecified atom stereocenters. The number of ether oxygens (including phenoxy) is 2. The molecule has 5 rings (SSSR count). The number of fused-ring (bicyclic) bond motifs is 4. The lowest BCUT2D eigenvalue weighted by Gasteiger charge is -2.22. The average Bonchev–Trinajstić information content (AvgIpc) is 3.51. The number of aromatic nitrogens is 6. The van der Waals surface area contributed by atoms with Crippen LogP contribution >= 0.6 is 0 Å². The van der Waals surface area contributed by atoms with Gasteiger partial charge in [-0.15, -0.1) is 5.10 Å². The van der Waals surface area contributed by atoms with Gasteiger partial charge >= 0.3 is 0 Å². The van der Waals surface area contributed by atoms with E-state index in [1.54, 1.807) is 4.68 Å². The molecule has 0 radical (unpaired) electrons. The Morgan fingerprint density at radius 2 is 2.00 bits per heavy atom. The molecule has 0 atom stereocenters. The molecule has 1 N–H and O–H groups in total. The van der Waals surface area contributed by atoms with E-state index in [0.717, 1.165) is 71.0 Å². The summed E-state index contributed by atoms with van der Waals surface area (Å²) in [4.78, 5) is 2.38. The van der Waals surface area contributed by atoms with Gasteiger partial charge in [-0.2, -0.15) is 10.2 Å². The van der Waals surface area contributed by atoms with Gasteiger partial charge in [0.15, 0.2) is 0 Å². The second kappa shape index (κ2) is 10.4. The summed E-state index contributed by atoms with van der Waals surface area (Å²) in [6.45, 7) is 14.5. The largest absolute Gasteiger partial charge is 0.476 e. The van der Waals surface area contributed by atoms with Gasteiger partial charge in [0, 0.05) is 32.1 Å². The Kier molecular flexibility index (Phi) is 7.06. The third-order valence-corrected chi connectivity index (χ3v) is 6.61. The van der Waals surface area contributed by atoms with Crippen molar-refractivity contribution >= 4 is 23.1 Å². The highest BCUT2D eigenvalue weighted by atomic mass is 16.5. The first-order valence-electron chi connectivity index (χ1n) is 13.1. The van der Waals surface area contributed by atoms with E-state index in [-0.39, 0.29) is 6.10 Å². The number of hydrogen-bond acceptors (Lipinski definition) is 6. The summed E-state index contributed by atoms with van der Waals surface area (Å²) >= 11 is 0. The van der Waals surface area contributed by atoms with Gasteiger partial charge in [-0.05, 0) is 56.2 Å². The fourth-order valence-corrected chi connectivity index (χ4v) is 4.75. The minimum atomic E-state index is 0.0230. The Balaban J connectivity index is 1.68. The molecule has 0 amide bonds. The highest BCUT2D eigenvalue weighted by Gasteiger charge is 2.22. The number of aryl methyl sites for hydroxylation is 1. The molecule has 0 aliphatic carbocycles. The van der Waals surface area contributed by atoms with Crippen molar-refractivity contribution in [2.45, 2.75) is 53.8 Å². The Morgan fingerprint density at radius 3 is 2.76 bits per heavy atom. The van der Waals surface area contributed by atoms with Crippen molar-refractivity contribution in [1.29, 1.82) is 0 Å². The molecule has 1 aromatic carbocycles. The number of nitrogens with zero attached hydrogens (tertiary/aromatic N) is 6. The summed E-state index contributed by atoms with van der Waals surface area (Å²) in [5, 5.41) is 18.2. The number of rotatable bonds is 5. The number of likely N-dealkylation sites (N-methyl/N-ethyl adjacent to an activating group) is 1. The highest BCUT2D eigenvalue weighted by Crippen LogP contribution is 2.33. The quantitative estimate of drug-likeness (QED) is 0.413. The average molecular weight is 504 g/mol. The van der Waals surface area contributed by atoms with Crippen LogP contribution in [0.5, 0.6) is 11.8 Å². The summed E-state index contributed by atoms with van der Waals surface area (Å²) in [5.41, 5.74) is 6.01. The predicted octanol–water partition coefficient (Wildman–Crippen LogP) is 4.99. The Labute approximate surface area is 218 Å². The Bertz CT molecular complexity index is 1410. The highest BCUT2D eigenvalue weighted by molar-refractivity contribution is 5.93. The van der Waals surface area contributed by atoms with Crippen LogP contribution in [0.1, 0.15) is 51.6 Å². The standard InChI is InChI=1S/C28H37N7O2/c1-7-34-12-13-36-28-23(15-29-33(28)6)20-8-10-24-22(14-20)25(31-30-24)11-9-21-26(17-34)35(16-18(2)3)32-27(21)37-19(4)5/h8-11,14-15,18-19H,7,12-13,16-17H2,1-6H3,(H,30,31)/b11-9+. The number of hydrogen-bond donors (Lipinski definition) is 1. The van der Waals surface area contributed by atoms with Gasteiger partial charge in [0.25, 0.3) is 0 Å². The van der Waals surface area contributed by atoms with Crippen molar-refractivity contribution in [2.24, 2.45) is 13.0 Å². The Hall–Kier alpha value is -3.59. The summed E-state index contributed by atoms with van der Waals surface area (Å²) in [6, 6.07) is 6.25. The van der Waals surface area contributed by atoms with Crippen LogP contribution in [0.2, 0.25) is 0 Å². The molecule has 0 spiro atoms. The molecule has 1 aliphatic heterocycles. The third kappa shape index (κ3) is 5.13. The van der Waals surface area contributed by atoms with Crippen LogP contribution in [0.3, 0.4) is 0 Å². The van der Waals surface area contributed by atoms with Gasteiger partial charge in [0.2, 0.25) is 11.8 Å². The smallest absolute Gasteiger partial charge is 0.240 e. The SMILES string of the molecule is CCN1CCOc2c(cnn2C)-c2ccc3n[nH]c(c3c2)/C=C/c2c(OC(C)C)nn(CC(C)C)c2C1. The zero-order chi connectivity index (χ0) is 26.1. The lowest BCUT2D eigenvalue weighted by molar-refractivity contribution is 0.197.